The van der Waals surface area contributed by atoms with Crippen LogP contribution in [-0.4, -0.2) is 37.4 Å². The van der Waals surface area contributed by atoms with Crippen LogP contribution < -0.4 is 10.6 Å². The third kappa shape index (κ3) is 5.82. The highest BCUT2D eigenvalue weighted by molar-refractivity contribution is 6.30. The lowest BCUT2D eigenvalue weighted by atomic mass is 10.1. The highest BCUT2D eigenvalue weighted by Gasteiger charge is 2.12. The largest absolute Gasteiger partial charge is 0.387 e. The van der Waals surface area contributed by atoms with Crippen LogP contribution in [0.5, 0.6) is 0 Å². The summed E-state index contributed by atoms with van der Waals surface area (Å²) < 4.78 is 18.5. The van der Waals surface area contributed by atoms with Crippen molar-refractivity contribution in [3.8, 4) is 0 Å². The molecule has 126 valence electrons. The number of carbonyl (C=O) groups is 1. The number of benzene rings is 1. The number of hydrogen-bond donors (Lipinski definition) is 3. The zero-order valence-electron chi connectivity index (χ0n) is 12.6. The van der Waals surface area contributed by atoms with Gasteiger partial charge in [-0.3, -0.25) is 0 Å². The first-order valence-electron chi connectivity index (χ1n) is 7.46. The van der Waals surface area contributed by atoms with Gasteiger partial charge >= 0.3 is 6.03 Å². The molecule has 1 atom stereocenters. The van der Waals surface area contributed by atoms with Gasteiger partial charge in [-0.25, -0.2) is 9.18 Å². The number of hydrogen-bond acceptors (Lipinski definition) is 3. The van der Waals surface area contributed by atoms with Gasteiger partial charge in [0.2, 0.25) is 0 Å². The molecule has 1 aromatic carbocycles. The van der Waals surface area contributed by atoms with Gasteiger partial charge in [-0.2, -0.15) is 0 Å². The van der Waals surface area contributed by atoms with Crippen molar-refractivity contribution >= 4 is 17.6 Å². The van der Waals surface area contributed by atoms with Gasteiger partial charge < -0.3 is 20.5 Å². The summed E-state index contributed by atoms with van der Waals surface area (Å²) in [6.45, 7) is 1.86. The van der Waals surface area contributed by atoms with Gasteiger partial charge in [0.25, 0.3) is 0 Å². The van der Waals surface area contributed by atoms with Crippen molar-refractivity contribution in [1.82, 2.24) is 10.6 Å². The average Bonchev–Trinajstić information content (AvgIpc) is 2.56. The Bertz CT molecular complexity index is 580. The second-order valence-corrected chi connectivity index (χ2v) is 5.67. The number of nitrogens with one attached hydrogen (secondary N) is 2. The van der Waals surface area contributed by atoms with Crippen LogP contribution in [0.1, 0.15) is 24.5 Å². The Balaban J connectivity index is 1.68. The van der Waals surface area contributed by atoms with Crippen LogP contribution in [0.25, 0.3) is 0 Å². The van der Waals surface area contributed by atoms with E-state index < -0.39 is 11.9 Å². The van der Waals surface area contributed by atoms with Gasteiger partial charge in [0.1, 0.15) is 5.82 Å². The molecule has 0 fully saturated rings. The summed E-state index contributed by atoms with van der Waals surface area (Å²) in [5, 5.41) is 15.2. The van der Waals surface area contributed by atoms with Crippen LogP contribution >= 0.6 is 11.6 Å². The molecule has 1 aliphatic heterocycles. The van der Waals surface area contributed by atoms with E-state index in [-0.39, 0.29) is 17.6 Å². The summed E-state index contributed by atoms with van der Waals surface area (Å²) in [6.07, 6.45) is 2.71. The Hall–Kier alpha value is -1.63. The van der Waals surface area contributed by atoms with Gasteiger partial charge in [0.15, 0.2) is 0 Å². The van der Waals surface area contributed by atoms with Crippen molar-refractivity contribution < 1.29 is 19.0 Å². The molecule has 2 amide bonds. The van der Waals surface area contributed by atoms with Gasteiger partial charge in [-0.1, -0.05) is 29.3 Å². The highest BCUT2D eigenvalue weighted by Crippen LogP contribution is 2.19. The fourth-order valence-corrected chi connectivity index (χ4v) is 2.34. The SMILES string of the molecule is O=C(NCCC1=CCOCC1)NCC(O)c1ccc(Cl)c(F)c1. The lowest BCUT2D eigenvalue weighted by Crippen LogP contribution is -2.38. The monoisotopic (exact) mass is 342 g/mol. The molecule has 0 aromatic heterocycles. The third-order valence-corrected chi connectivity index (χ3v) is 3.88. The summed E-state index contributed by atoms with van der Waals surface area (Å²) in [7, 11) is 0. The number of urea groups is 1. The van der Waals surface area contributed by atoms with E-state index in [4.69, 9.17) is 16.3 Å². The number of aliphatic hydroxyl groups excluding tert-OH is 1. The molecule has 1 aromatic rings. The van der Waals surface area contributed by atoms with E-state index in [1.807, 2.05) is 6.08 Å². The third-order valence-electron chi connectivity index (χ3n) is 3.57. The Morgan fingerprint density at radius 1 is 1.43 bits per heavy atom. The molecule has 0 spiro atoms. The van der Waals surface area contributed by atoms with E-state index >= 15 is 0 Å². The zero-order chi connectivity index (χ0) is 16.7. The molecule has 1 aliphatic rings. The van der Waals surface area contributed by atoms with Crippen molar-refractivity contribution in [2.24, 2.45) is 0 Å². The van der Waals surface area contributed by atoms with Gasteiger partial charge in [0.05, 0.1) is 24.3 Å². The van der Waals surface area contributed by atoms with Crippen LogP contribution in [0.15, 0.2) is 29.8 Å². The topological polar surface area (TPSA) is 70.6 Å². The van der Waals surface area contributed by atoms with Gasteiger partial charge in [-0.05, 0) is 30.5 Å². The van der Waals surface area contributed by atoms with Crippen molar-refractivity contribution in [1.29, 1.82) is 0 Å². The maximum absolute atomic E-state index is 13.3. The minimum atomic E-state index is -0.995. The van der Waals surface area contributed by atoms with E-state index in [1.54, 1.807) is 0 Å². The Kier molecular flexibility index (Phi) is 6.83. The predicted molar refractivity (Wildman–Crippen MR) is 85.9 cm³/mol. The van der Waals surface area contributed by atoms with E-state index in [9.17, 15) is 14.3 Å². The lowest BCUT2D eigenvalue weighted by molar-refractivity contribution is 0.153. The van der Waals surface area contributed by atoms with Crippen LogP contribution in [0.3, 0.4) is 0 Å². The smallest absolute Gasteiger partial charge is 0.314 e. The normalized spacial score (nSPS) is 15.7. The first kappa shape index (κ1) is 17.7. The summed E-state index contributed by atoms with van der Waals surface area (Å²) in [5.41, 5.74) is 1.63. The molecule has 5 nitrogen and oxygen atoms in total. The van der Waals surface area contributed by atoms with E-state index in [2.05, 4.69) is 10.6 Å². The summed E-state index contributed by atoms with van der Waals surface area (Å²) in [5.74, 6) is -0.600. The molecule has 0 radical (unpaired) electrons. The number of aliphatic hydroxyl groups is 1. The molecule has 2 rings (SSSR count). The number of rotatable bonds is 6. The lowest BCUT2D eigenvalue weighted by Gasteiger charge is -2.15. The quantitative estimate of drug-likeness (QED) is 0.696. The minimum absolute atomic E-state index is 0.00549. The van der Waals surface area contributed by atoms with Crippen LogP contribution in [-0.2, 0) is 4.74 Å². The summed E-state index contributed by atoms with van der Waals surface area (Å²) >= 11 is 5.59. The predicted octanol–water partition coefficient (Wildman–Crippen LogP) is 2.55. The fraction of sp³-hybridized carbons (Fsp3) is 0.438. The van der Waals surface area contributed by atoms with Crippen LogP contribution in [0.2, 0.25) is 5.02 Å². The first-order chi connectivity index (χ1) is 11.1. The summed E-state index contributed by atoms with van der Waals surface area (Å²) in [6, 6.07) is 3.68. The second-order valence-electron chi connectivity index (χ2n) is 5.26. The maximum atomic E-state index is 13.3. The van der Waals surface area contributed by atoms with Gasteiger partial charge in [0, 0.05) is 13.1 Å². The minimum Gasteiger partial charge on any atom is -0.387 e. The van der Waals surface area contributed by atoms with Crippen molar-refractivity contribution in [3.05, 3.63) is 46.3 Å². The molecule has 3 N–H and O–H groups in total. The molecule has 0 saturated heterocycles. The summed E-state index contributed by atoms with van der Waals surface area (Å²) in [4.78, 5) is 11.7. The molecule has 0 bridgehead atoms. The molecule has 1 unspecified atom stereocenters. The van der Waals surface area contributed by atoms with E-state index in [0.29, 0.717) is 18.7 Å². The number of carbonyl (C=O) groups excluding carboxylic acids is 1. The average molecular weight is 343 g/mol. The van der Waals surface area contributed by atoms with Crippen molar-refractivity contribution in [3.63, 3.8) is 0 Å². The molecular weight excluding hydrogens is 323 g/mol. The standard InChI is InChI=1S/C16H20ClFN2O3/c17-13-2-1-12(9-14(13)18)15(21)10-20-16(22)19-6-3-11-4-7-23-8-5-11/h1-2,4,9,15,21H,3,5-8,10H2,(H2,19,20,22). The van der Waals surface area contributed by atoms with Crippen LogP contribution in [0, 0.1) is 5.82 Å². The first-order valence-corrected chi connectivity index (χ1v) is 7.84. The molecule has 23 heavy (non-hydrogen) atoms. The fourth-order valence-electron chi connectivity index (χ4n) is 2.22. The Labute approximate surface area is 139 Å². The zero-order valence-corrected chi connectivity index (χ0v) is 13.4. The van der Waals surface area contributed by atoms with E-state index in [1.165, 1.54) is 17.7 Å². The molecule has 1 heterocycles. The van der Waals surface area contributed by atoms with Crippen LogP contribution in [0.4, 0.5) is 9.18 Å². The molecule has 0 saturated carbocycles. The Morgan fingerprint density at radius 3 is 2.96 bits per heavy atom. The highest BCUT2D eigenvalue weighted by atomic mass is 35.5. The van der Waals surface area contributed by atoms with Crippen molar-refractivity contribution in [2.45, 2.75) is 18.9 Å². The van der Waals surface area contributed by atoms with Crippen molar-refractivity contribution in [2.75, 3.05) is 26.3 Å². The number of halogens is 2. The number of amides is 2. The maximum Gasteiger partial charge on any atom is 0.314 e. The molecular formula is C16H20ClFN2O3. The van der Waals surface area contributed by atoms with E-state index in [0.717, 1.165) is 25.5 Å². The Morgan fingerprint density at radius 2 is 2.26 bits per heavy atom. The molecule has 7 heteroatoms. The molecule has 0 aliphatic carbocycles. The second kappa shape index (κ2) is 8.86. The van der Waals surface area contributed by atoms with Gasteiger partial charge in [-0.15, -0.1) is 0 Å². The number of ether oxygens (including phenoxy) is 1.